The molecule has 1 heterocycles. The molecule has 0 saturated heterocycles. The molecule has 0 unspecified atom stereocenters. The predicted molar refractivity (Wildman–Crippen MR) is 91.8 cm³/mol. The molecule has 0 bridgehead atoms. The second-order valence-electron chi connectivity index (χ2n) is 5.90. The minimum atomic E-state index is -0.608. The molecule has 2 aromatic carbocycles. The quantitative estimate of drug-likeness (QED) is 0.780. The van der Waals surface area contributed by atoms with Gasteiger partial charge in [-0.05, 0) is 50.1 Å². The molecule has 0 fully saturated rings. The Morgan fingerprint density at radius 3 is 2.74 bits per heavy atom. The van der Waals surface area contributed by atoms with Gasteiger partial charge >= 0.3 is 0 Å². The number of para-hydroxylation sites is 2. The van der Waals surface area contributed by atoms with Gasteiger partial charge in [-0.2, -0.15) is 0 Å². The Morgan fingerprint density at radius 1 is 1.17 bits per heavy atom. The minimum Gasteiger partial charge on any atom is -0.491 e. The number of hydrogen-bond acceptors (Lipinski definition) is 3. The summed E-state index contributed by atoms with van der Waals surface area (Å²) in [5.41, 5.74) is 4.23. The highest BCUT2D eigenvalue weighted by Crippen LogP contribution is 2.22. The van der Waals surface area contributed by atoms with Crippen molar-refractivity contribution in [1.29, 1.82) is 0 Å². The highest BCUT2D eigenvalue weighted by Gasteiger charge is 2.14. The number of ether oxygens (including phenoxy) is 1. The van der Waals surface area contributed by atoms with Crippen LogP contribution in [-0.2, 0) is 6.54 Å². The number of fused-ring (bicyclic) bond motifs is 1. The van der Waals surface area contributed by atoms with Crippen molar-refractivity contribution in [2.75, 3.05) is 6.61 Å². The van der Waals surface area contributed by atoms with Gasteiger partial charge in [-0.3, -0.25) is 0 Å². The van der Waals surface area contributed by atoms with Crippen LogP contribution in [0.4, 0.5) is 0 Å². The van der Waals surface area contributed by atoms with Gasteiger partial charge in [0.2, 0.25) is 0 Å². The third kappa shape index (κ3) is 3.22. The maximum atomic E-state index is 9.98. The van der Waals surface area contributed by atoms with Crippen molar-refractivity contribution in [2.24, 2.45) is 0 Å². The van der Waals surface area contributed by atoms with Crippen molar-refractivity contribution >= 4 is 11.0 Å². The molecule has 3 rings (SSSR count). The van der Waals surface area contributed by atoms with Gasteiger partial charge in [0, 0.05) is 0 Å². The molecule has 0 amide bonds. The van der Waals surface area contributed by atoms with Gasteiger partial charge in [-0.15, -0.1) is 0 Å². The molecule has 4 nitrogen and oxygen atoms in total. The molecule has 1 aromatic heterocycles. The fourth-order valence-corrected chi connectivity index (χ4v) is 2.76. The summed E-state index contributed by atoms with van der Waals surface area (Å²) in [7, 11) is 0. The fourth-order valence-electron chi connectivity index (χ4n) is 2.76. The lowest BCUT2D eigenvalue weighted by Gasteiger charge is -2.13. The number of nitrogens with zero attached hydrogens (tertiary/aromatic N) is 2. The number of aromatic nitrogens is 2. The maximum absolute atomic E-state index is 9.98. The first-order chi connectivity index (χ1) is 11.1. The van der Waals surface area contributed by atoms with Crippen LogP contribution in [0.25, 0.3) is 11.0 Å². The van der Waals surface area contributed by atoms with Crippen LogP contribution in [0.3, 0.4) is 0 Å². The van der Waals surface area contributed by atoms with Gasteiger partial charge in [0.1, 0.15) is 24.3 Å². The molecular formula is C19H22N2O2. The number of hydrogen-bond donors (Lipinski definition) is 1. The Kier molecular flexibility index (Phi) is 4.35. The van der Waals surface area contributed by atoms with Gasteiger partial charge in [-0.25, -0.2) is 4.98 Å². The van der Waals surface area contributed by atoms with Gasteiger partial charge in [-0.1, -0.05) is 24.3 Å². The average Bonchev–Trinajstić information content (AvgIpc) is 2.90. The molecule has 1 N–H and O–H groups in total. The Hall–Kier alpha value is -2.33. The van der Waals surface area contributed by atoms with Crippen LogP contribution in [-0.4, -0.2) is 21.3 Å². The lowest BCUT2D eigenvalue weighted by Crippen LogP contribution is -2.13. The van der Waals surface area contributed by atoms with E-state index in [4.69, 9.17) is 4.74 Å². The minimum absolute atomic E-state index is 0.532. The van der Waals surface area contributed by atoms with E-state index in [0.717, 1.165) is 22.3 Å². The summed E-state index contributed by atoms with van der Waals surface area (Å²) in [4.78, 5) is 4.53. The van der Waals surface area contributed by atoms with E-state index in [1.807, 2.05) is 35.8 Å². The number of rotatable bonds is 5. The van der Waals surface area contributed by atoms with Crippen molar-refractivity contribution in [3.8, 4) is 5.75 Å². The summed E-state index contributed by atoms with van der Waals surface area (Å²) < 4.78 is 7.98. The molecule has 120 valence electrons. The highest BCUT2D eigenvalue weighted by atomic mass is 16.5. The summed E-state index contributed by atoms with van der Waals surface area (Å²) >= 11 is 0. The molecule has 0 radical (unpaired) electrons. The topological polar surface area (TPSA) is 47.3 Å². The summed E-state index contributed by atoms with van der Waals surface area (Å²) in [5, 5.41) is 9.98. The largest absolute Gasteiger partial charge is 0.491 e. The second kappa shape index (κ2) is 6.42. The number of benzene rings is 2. The van der Waals surface area contributed by atoms with Crippen LogP contribution in [0, 0.1) is 13.8 Å². The molecule has 0 spiro atoms. The first kappa shape index (κ1) is 15.6. The second-order valence-corrected chi connectivity index (χ2v) is 5.90. The summed E-state index contributed by atoms with van der Waals surface area (Å²) in [5.74, 6) is 1.59. The predicted octanol–water partition coefficient (Wildman–Crippen LogP) is 3.79. The SMILES string of the molecule is Cc1ccc(C)c(OCCn2c([C@@H](C)O)nc3ccccc32)c1. The van der Waals surface area contributed by atoms with Crippen molar-refractivity contribution in [3.05, 3.63) is 59.4 Å². The number of aryl methyl sites for hydroxylation is 2. The zero-order valence-electron chi connectivity index (χ0n) is 13.8. The van der Waals surface area contributed by atoms with Crippen molar-refractivity contribution in [2.45, 2.75) is 33.4 Å². The van der Waals surface area contributed by atoms with Gasteiger partial charge in [0.05, 0.1) is 17.6 Å². The Labute approximate surface area is 136 Å². The van der Waals surface area contributed by atoms with Crippen molar-refractivity contribution in [3.63, 3.8) is 0 Å². The first-order valence-corrected chi connectivity index (χ1v) is 7.89. The van der Waals surface area contributed by atoms with Gasteiger partial charge in [0.25, 0.3) is 0 Å². The highest BCUT2D eigenvalue weighted by molar-refractivity contribution is 5.76. The van der Waals surface area contributed by atoms with Gasteiger partial charge in [0.15, 0.2) is 0 Å². The van der Waals surface area contributed by atoms with E-state index in [1.165, 1.54) is 5.56 Å². The van der Waals surface area contributed by atoms with Crippen molar-refractivity contribution < 1.29 is 9.84 Å². The molecule has 0 aliphatic heterocycles. The summed E-state index contributed by atoms with van der Waals surface area (Å²) in [6, 6.07) is 14.1. The fraction of sp³-hybridized carbons (Fsp3) is 0.316. The van der Waals surface area contributed by atoms with E-state index in [2.05, 4.69) is 30.1 Å². The molecule has 4 heteroatoms. The number of imidazole rings is 1. The molecule has 0 saturated carbocycles. The zero-order chi connectivity index (χ0) is 16.4. The van der Waals surface area contributed by atoms with Crippen LogP contribution in [0.2, 0.25) is 0 Å². The molecule has 0 aliphatic carbocycles. The van der Waals surface area contributed by atoms with Crippen LogP contribution < -0.4 is 4.74 Å². The molecule has 0 aliphatic rings. The normalized spacial score (nSPS) is 12.5. The van der Waals surface area contributed by atoms with Crippen LogP contribution >= 0.6 is 0 Å². The maximum Gasteiger partial charge on any atom is 0.138 e. The molecule has 1 atom stereocenters. The van der Waals surface area contributed by atoms with Crippen molar-refractivity contribution in [1.82, 2.24) is 9.55 Å². The molecule has 23 heavy (non-hydrogen) atoms. The van der Waals surface area contributed by atoms with E-state index in [0.29, 0.717) is 19.0 Å². The van der Waals surface area contributed by atoms with E-state index in [1.54, 1.807) is 6.92 Å². The lowest BCUT2D eigenvalue weighted by atomic mass is 10.1. The van der Waals surface area contributed by atoms with Gasteiger partial charge < -0.3 is 14.4 Å². The number of aliphatic hydroxyl groups excluding tert-OH is 1. The van der Waals surface area contributed by atoms with Crippen LogP contribution in [0.15, 0.2) is 42.5 Å². The van der Waals surface area contributed by atoms with E-state index in [9.17, 15) is 5.11 Å². The smallest absolute Gasteiger partial charge is 0.138 e. The number of aliphatic hydroxyl groups is 1. The molecular weight excluding hydrogens is 288 g/mol. The lowest BCUT2D eigenvalue weighted by molar-refractivity contribution is 0.181. The standard InChI is InChI=1S/C19H22N2O2/c1-13-8-9-14(2)18(12-13)23-11-10-21-17-7-5-4-6-16(17)20-19(21)15(3)22/h4-9,12,15,22H,10-11H2,1-3H3/t15-/m1/s1. The van der Waals surface area contributed by atoms with E-state index >= 15 is 0 Å². The average molecular weight is 310 g/mol. The first-order valence-electron chi connectivity index (χ1n) is 7.89. The zero-order valence-corrected chi connectivity index (χ0v) is 13.8. The van der Waals surface area contributed by atoms with E-state index < -0.39 is 6.10 Å². The molecule has 3 aromatic rings. The Morgan fingerprint density at radius 2 is 1.96 bits per heavy atom. The Balaban J connectivity index is 1.81. The monoisotopic (exact) mass is 310 g/mol. The summed E-state index contributed by atoms with van der Waals surface area (Å²) in [6.45, 7) is 7.02. The Bertz CT molecular complexity index is 821. The van der Waals surface area contributed by atoms with Crippen LogP contribution in [0.1, 0.15) is 30.0 Å². The summed E-state index contributed by atoms with van der Waals surface area (Å²) in [6.07, 6.45) is -0.608. The van der Waals surface area contributed by atoms with E-state index in [-0.39, 0.29) is 0 Å². The van der Waals surface area contributed by atoms with Crippen LogP contribution in [0.5, 0.6) is 5.75 Å². The third-order valence-corrected chi connectivity index (χ3v) is 3.97. The third-order valence-electron chi connectivity index (χ3n) is 3.97.